The number of carbonyl (C=O) groups excluding carboxylic acids is 1. The van der Waals surface area contributed by atoms with Crippen LogP contribution in [-0.2, 0) is 12.8 Å². The number of pyridine rings is 2. The van der Waals surface area contributed by atoms with Crippen molar-refractivity contribution >= 4 is 40.7 Å². The van der Waals surface area contributed by atoms with Gasteiger partial charge in [-0.1, -0.05) is 6.07 Å². The Morgan fingerprint density at radius 1 is 1.00 bits per heavy atom. The molecule has 1 aliphatic carbocycles. The van der Waals surface area contributed by atoms with Gasteiger partial charge in [-0.3, -0.25) is 4.79 Å². The summed E-state index contributed by atoms with van der Waals surface area (Å²) in [5.41, 5.74) is 6.91. The minimum atomic E-state index is 0. The second kappa shape index (κ2) is 8.60. The molecule has 1 fully saturated rings. The number of aryl methyl sites for hydroxylation is 3. The minimum Gasteiger partial charge on any atom is -0.354 e. The normalized spacial score (nSPS) is 15.6. The third-order valence-electron chi connectivity index (χ3n) is 6.11. The molecule has 1 N–H and O–H groups in total. The molecular formula is C24H27ClN4O. The Labute approximate surface area is 183 Å². The first-order valence-electron chi connectivity index (χ1n) is 10.6. The van der Waals surface area contributed by atoms with E-state index in [1.165, 1.54) is 24.0 Å². The molecule has 0 unspecified atom stereocenters. The quantitative estimate of drug-likeness (QED) is 0.628. The second-order valence-corrected chi connectivity index (χ2v) is 8.19. The number of aromatic nitrogens is 2. The largest absolute Gasteiger partial charge is 0.354 e. The predicted molar refractivity (Wildman–Crippen MR) is 123 cm³/mol. The molecule has 5 rings (SSSR count). The fourth-order valence-corrected chi connectivity index (χ4v) is 4.53. The van der Waals surface area contributed by atoms with Crippen LogP contribution in [0.15, 0.2) is 36.5 Å². The average Bonchev–Trinajstić information content (AvgIpc) is 3.22. The number of halogens is 1. The number of hydrogen-bond acceptors (Lipinski definition) is 4. The predicted octanol–water partition coefficient (Wildman–Crippen LogP) is 5.22. The molecule has 6 heteroatoms. The molecule has 1 aliphatic heterocycles. The van der Waals surface area contributed by atoms with Crippen LogP contribution in [0.25, 0.3) is 11.0 Å². The zero-order valence-electron chi connectivity index (χ0n) is 17.3. The molecule has 0 atom stereocenters. The van der Waals surface area contributed by atoms with Gasteiger partial charge in [-0.15, -0.1) is 12.4 Å². The van der Waals surface area contributed by atoms with Crippen molar-refractivity contribution in [3.8, 4) is 0 Å². The van der Waals surface area contributed by atoms with Gasteiger partial charge >= 0.3 is 0 Å². The number of benzene rings is 1. The van der Waals surface area contributed by atoms with Gasteiger partial charge in [0.1, 0.15) is 0 Å². The van der Waals surface area contributed by atoms with Crippen LogP contribution >= 0.6 is 12.4 Å². The van der Waals surface area contributed by atoms with Crippen LogP contribution in [-0.4, -0.2) is 33.9 Å². The Balaban J connectivity index is 0.00000218. The van der Waals surface area contributed by atoms with E-state index >= 15 is 0 Å². The highest BCUT2D eigenvalue weighted by molar-refractivity contribution is 6.07. The maximum Gasteiger partial charge on any atom is 0.257 e. The lowest BCUT2D eigenvalue weighted by Crippen LogP contribution is -2.36. The standard InChI is InChI=1S/C24H26N4O.ClH/c1-16-8-11-20-22(27-19-10-9-17-6-5-7-18(17)14-19)21(15-25-23(20)26-16)24(29)28-12-3-2-4-13-28;/h8-11,14-15H,2-7,12-13H2,1H3,(H,25,26,27);1H. The zero-order valence-corrected chi connectivity index (χ0v) is 18.1. The van der Waals surface area contributed by atoms with Crippen molar-refractivity contribution in [3.63, 3.8) is 0 Å². The van der Waals surface area contributed by atoms with Gasteiger partial charge in [0.15, 0.2) is 5.65 Å². The smallest absolute Gasteiger partial charge is 0.257 e. The van der Waals surface area contributed by atoms with E-state index in [-0.39, 0.29) is 18.3 Å². The van der Waals surface area contributed by atoms with Gasteiger partial charge < -0.3 is 10.2 Å². The summed E-state index contributed by atoms with van der Waals surface area (Å²) in [5.74, 6) is 0.0586. The van der Waals surface area contributed by atoms with Crippen molar-refractivity contribution < 1.29 is 4.79 Å². The molecule has 3 aromatic rings. The van der Waals surface area contributed by atoms with E-state index in [9.17, 15) is 4.79 Å². The molecule has 0 spiro atoms. The first kappa shape index (κ1) is 20.6. The SMILES string of the molecule is Cc1ccc2c(Nc3ccc4c(c3)CCC4)c(C(=O)N3CCCCC3)cnc2n1.Cl. The summed E-state index contributed by atoms with van der Waals surface area (Å²) in [5, 5.41) is 4.45. The summed E-state index contributed by atoms with van der Waals surface area (Å²) in [6.07, 6.45) is 8.55. The molecule has 5 nitrogen and oxygen atoms in total. The third kappa shape index (κ3) is 3.86. The molecule has 0 bridgehead atoms. The molecule has 1 aromatic carbocycles. The van der Waals surface area contributed by atoms with E-state index in [1.54, 1.807) is 6.20 Å². The average molecular weight is 423 g/mol. The number of anilines is 2. The van der Waals surface area contributed by atoms with Crippen LogP contribution in [0, 0.1) is 6.92 Å². The molecule has 1 amide bonds. The van der Waals surface area contributed by atoms with Gasteiger partial charge in [0, 0.05) is 36.1 Å². The van der Waals surface area contributed by atoms with E-state index in [0.29, 0.717) is 11.2 Å². The first-order chi connectivity index (χ1) is 14.2. The molecule has 2 aromatic heterocycles. The number of likely N-dealkylation sites (tertiary alicyclic amines) is 1. The van der Waals surface area contributed by atoms with E-state index in [0.717, 1.165) is 61.2 Å². The molecular weight excluding hydrogens is 396 g/mol. The van der Waals surface area contributed by atoms with Gasteiger partial charge in [0.2, 0.25) is 0 Å². The van der Waals surface area contributed by atoms with Crippen molar-refractivity contribution in [2.75, 3.05) is 18.4 Å². The minimum absolute atomic E-state index is 0. The topological polar surface area (TPSA) is 58.1 Å². The maximum atomic E-state index is 13.3. The fourth-order valence-electron chi connectivity index (χ4n) is 4.53. The Morgan fingerprint density at radius 2 is 1.80 bits per heavy atom. The van der Waals surface area contributed by atoms with E-state index in [2.05, 4.69) is 33.5 Å². The number of carbonyl (C=O) groups is 1. The number of nitrogens with one attached hydrogen (secondary N) is 1. The van der Waals surface area contributed by atoms with Crippen molar-refractivity contribution in [2.24, 2.45) is 0 Å². The summed E-state index contributed by atoms with van der Waals surface area (Å²) in [6, 6.07) is 10.6. The number of fused-ring (bicyclic) bond motifs is 2. The van der Waals surface area contributed by atoms with Crippen LogP contribution in [0.2, 0.25) is 0 Å². The van der Waals surface area contributed by atoms with Gasteiger partial charge in [-0.25, -0.2) is 9.97 Å². The summed E-state index contributed by atoms with van der Waals surface area (Å²) < 4.78 is 0. The highest BCUT2D eigenvalue weighted by atomic mass is 35.5. The number of piperidine rings is 1. The van der Waals surface area contributed by atoms with Crippen molar-refractivity contribution in [3.05, 3.63) is 58.9 Å². The summed E-state index contributed by atoms with van der Waals surface area (Å²) >= 11 is 0. The van der Waals surface area contributed by atoms with Crippen molar-refractivity contribution in [1.82, 2.24) is 14.9 Å². The molecule has 0 saturated carbocycles. The monoisotopic (exact) mass is 422 g/mol. The molecule has 0 radical (unpaired) electrons. The Bertz CT molecular complexity index is 1090. The van der Waals surface area contributed by atoms with Gasteiger partial charge in [-0.05, 0) is 80.8 Å². The molecule has 30 heavy (non-hydrogen) atoms. The number of amides is 1. The van der Waals surface area contributed by atoms with E-state index in [1.807, 2.05) is 24.0 Å². The summed E-state index contributed by atoms with van der Waals surface area (Å²) in [6.45, 7) is 3.60. The van der Waals surface area contributed by atoms with Crippen LogP contribution < -0.4 is 5.32 Å². The Kier molecular flexibility index (Phi) is 5.91. The van der Waals surface area contributed by atoms with Gasteiger partial charge in [-0.2, -0.15) is 0 Å². The zero-order chi connectivity index (χ0) is 19.8. The molecule has 1 saturated heterocycles. The summed E-state index contributed by atoms with van der Waals surface area (Å²) in [7, 11) is 0. The fraction of sp³-hybridized carbons (Fsp3) is 0.375. The maximum absolute atomic E-state index is 13.3. The molecule has 3 heterocycles. The third-order valence-corrected chi connectivity index (χ3v) is 6.11. The molecule has 2 aliphatic rings. The summed E-state index contributed by atoms with van der Waals surface area (Å²) in [4.78, 5) is 24.4. The van der Waals surface area contributed by atoms with E-state index < -0.39 is 0 Å². The van der Waals surface area contributed by atoms with Crippen LogP contribution in [0.4, 0.5) is 11.4 Å². The van der Waals surface area contributed by atoms with Crippen LogP contribution in [0.5, 0.6) is 0 Å². The molecule has 156 valence electrons. The number of hydrogen-bond donors (Lipinski definition) is 1. The second-order valence-electron chi connectivity index (χ2n) is 8.19. The van der Waals surface area contributed by atoms with Crippen molar-refractivity contribution in [1.29, 1.82) is 0 Å². The lowest BCUT2D eigenvalue weighted by molar-refractivity contribution is 0.0725. The van der Waals surface area contributed by atoms with E-state index in [4.69, 9.17) is 0 Å². The lowest BCUT2D eigenvalue weighted by atomic mass is 10.1. The van der Waals surface area contributed by atoms with Crippen molar-refractivity contribution in [2.45, 2.75) is 45.4 Å². The first-order valence-corrected chi connectivity index (χ1v) is 10.6. The highest BCUT2D eigenvalue weighted by Gasteiger charge is 2.23. The van der Waals surface area contributed by atoms with Gasteiger partial charge in [0.05, 0.1) is 11.3 Å². The Morgan fingerprint density at radius 3 is 2.63 bits per heavy atom. The number of rotatable bonds is 3. The van der Waals surface area contributed by atoms with Crippen LogP contribution in [0.3, 0.4) is 0 Å². The number of nitrogens with zero attached hydrogens (tertiary/aromatic N) is 3. The Hall–Kier alpha value is -2.66. The van der Waals surface area contributed by atoms with Gasteiger partial charge in [0.25, 0.3) is 5.91 Å². The van der Waals surface area contributed by atoms with Crippen LogP contribution in [0.1, 0.15) is 52.9 Å². The highest BCUT2D eigenvalue weighted by Crippen LogP contribution is 2.32. The lowest BCUT2D eigenvalue weighted by Gasteiger charge is -2.27.